The van der Waals surface area contributed by atoms with Crippen LogP contribution in [-0.4, -0.2) is 27.2 Å². The summed E-state index contributed by atoms with van der Waals surface area (Å²) in [6.07, 6.45) is -3.05. The number of para-hydroxylation sites is 1. The lowest BCUT2D eigenvalue weighted by Crippen LogP contribution is -2.34. The van der Waals surface area contributed by atoms with E-state index in [-0.39, 0.29) is 5.69 Å². The predicted octanol–water partition coefficient (Wildman–Crippen LogP) is 0.114. The number of hydrogen-bond donors (Lipinski definition) is 3. The Morgan fingerprint density at radius 2 is 1.88 bits per heavy atom. The summed E-state index contributed by atoms with van der Waals surface area (Å²) in [6.45, 7) is 0. The Hall–Kier alpha value is -1.98. The van der Waals surface area contributed by atoms with Gasteiger partial charge in [-0.05, 0) is 12.1 Å². The number of benzene rings is 1. The Bertz CT molecular complexity index is 556. The van der Waals surface area contributed by atoms with Gasteiger partial charge < -0.3 is 15.9 Å². The lowest BCUT2D eigenvalue weighted by atomic mass is 10.1. The van der Waals surface area contributed by atoms with Crippen molar-refractivity contribution in [1.82, 2.24) is 4.98 Å². The average Bonchev–Trinajstić information content (AvgIpc) is 2.36. The van der Waals surface area contributed by atoms with Crippen LogP contribution in [0.25, 0.3) is 10.9 Å². The van der Waals surface area contributed by atoms with E-state index < -0.39 is 18.1 Å². The molecule has 0 aliphatic heterocycles. The number of carbonyl (C=O) groups is 1. The molecule has 1 amide bonds. The molecule has 0 radical (unpaired) electrons. The van der Waals surface area contributed by atoms with E-state index in [1.54, 1.807) is 18.2 Å². The molecule has 0 bridgehead atoms. The number of aromatic nitrogens is 1. The molecular formula is C12H12N2O3. The standard InChI is InChI=1S/C12H12N2O3/c13-12(17)11(16)10(15)9-6-5-7-3-1-2-4-8(7)14-9/h1-6,10-11,15-16H,(H2,13,17). The van der Waals surface area contributed by atoms with Crippen LogP contribution in [0.3, 0.4) is 0 Å². The van der Waals surface area contributed by atoms with E-state index in [0.717, 1.165) is 5.39 Å². The molecule has 2 unspecified atom stereocenters. The summed E-state index contributed by atoms with van der Waals surface area (Å²) < 4.78 is 0. The smallest absolute Gasteiger partial charge is 0.249 e. The van der Waals surface area contributed by atoms with Crippen LogP contribution in [0.15, 0.2) is 36.4 Å². The maximum Gasteiger partial charge on any atom is 0.249 e. The van der Waals surface area contributed by atoms with Gasteiger partial charge in [-0.15, -0.1) is 0 Å². The Labute approximate surface area is 97.5 Å². The third-order valence-electron chi connectivity index (χ3n) is 2.51. The molecular weight excluding hydrogens is 220 g/mol. The molecule has 0 aliphatic rings. The summed E-state index contributed by atoms with van der Waals surface area (Å²) in [7, 11) is 0. The van der Waals surface area contributed by atoms with Crippen molar-refractivity contribution < 1.29 is 15.0 Å². The van der Waals surface area contributed by atoms with Gasteiger partial charge in [-0.2, -0.15) is 0 Å². The fourth-order valence-corrected chi connectivity index (χ4v) is 1.56. The second-order valence-electron chi connectivity index (χ2n) is 3.72. The van der Waals surface area contributed by atoms with E-state index >= 15 is 0 Å². The van der Waals surface area contributed by atoms with Gasteiger partial charge in [-0.3, -0.25) is 4.79 Å². The summed E-state index contributed by atoms with van der Waals surface area (Å²) in [4.78, 5) is 14.9. The minimum absolute atomic E-state index is 0.218. The zero-order valence-corrected chi connectivity index (χ0v) is 8.95. The van der Waals surface area contributed by atoms with Gasteiger partial charge in [-0.1, -0.05) is 24.3 Å². The number of aliphatic hydroxyl groups excluding tert-OH is 2. The number of primary amides is 1. The van der Waals surface area contributed by atoms with Gasteiger partial charge in [0.25, 0.3) is 0 Å². The molecule has 1 aromatic carbocycles. The van der Waals surface area contributed by atoms with Gasteiger partial charge in [0.05, 0.1) is 11.2 Å². The molecule has 5 heteroatoms. The zero-order valence-electron chi connectivity index (χ0n) is 8.95. The van der Waals surface area contributed by atoms with Gasteiger partial charge in [0.2, 0.25) is 5.91 Å². The lowest BCUT2D eigenvalue weighted by molar-refractivity contribution is -0.132. The SMILES string of the molecule is NC(=O)C(O)C(O)c1ccc2ccccc2n1. The molecule has 2 rings (SSSR count). The van der Waals surface area contributed by atoms with Gasteiger partial charge in [0.1, 0.15) is 6.10 Å². The largest absolute Gasteiger partial charge is 0.384 e. The van der Waals surface area contributed by atoms with Crippen molar-refractivity contribution in [2.24, 2.45) is 5.73 Å². The molecule has 17 heavy (non-hydrogen) atoms. The Kier molecular flexibility index (Phi) is 3.03. The van der Waals surface area contributed by atoms with Crippen LogP contribution in [0.1, 0.15) is 11.8 Å². The predicted molar refractivity (Wildman–Crippen MR) is 61.9 cm³/mol. The van der Waals surface area contributed by atoms with Crippen molar-refractivity contribution in [2.75, 3.05) is 0 Å². The number of amides is 1. The summed E-state index contributed by atoms with van der Waals surface area (Å²) >= 11 is 0. The third kappa shape index (κ3) is 2.25. The molecule has 0 saturated heterocycles. The molecule has 0 saturated carbocycles. The number of aliphatic hydroxyl groups is 2. The Morgan fingerprint density at radius 3 is 2.59 bits per heavy atom. The fourth-order valence-electron chi connectivity index (χ4n) is 1.56. The van der Waals surface area contributed by atoms with Crippen molar-refractivity contribution in [3.05, 3.63) is 42.1 Å². The van der Waals surface area contributed by atoms with Crippen molar-refractivity contribution in [1.29, 1.82) is 0 Å². The minimum atomic E-state index is -1.65. The van der Waals surface area contributed by atoms with Gasteiger partial charge in [0.15, 0.2) is 6.10 Å². The van der Waals surface area contributed by atoms with Crippen molar-refractivity contribution in [3.8, 4) is 0 Å². The van der Waals surface area contributed by atoms with E-state index in [1.807, 2.05) is 18.2 Å². The summed E-state index contributed by atoms with van der Waals surface area (Å²) in [5, 5.41) is 20.0. The first kappa shape index (κ1) is 11.5. The minimum Gasteiger partial charge on any atom is -0.384 e. The van der Waals surface area contributed by atoms with Crippen LogP contribution >= 0.6 is 0 Å². The molecule has 0 spiro atoms. The fraction of sp³-hybridized carbons (Fsp3) is 0.167. The first-order valence-corrected chi connectivity index (χ1v) is 5.11. The molecule has 5 nitrogen and oxygen atoms in total. The Balaban J connectivity index is 2.39. The van der Waals surface area contributed by atoms with Crippen molar-refractivity contribution >= 4 is 16.8 Å². The highest BCUT2D eigenvalue weighted by Crippen LogP contribution is 2.18. The van der Waals surface area contributed by atoms with Gasteiger partial charge in [0, 0.05) is 5.39 Å². The van der Waals surface area contributed by atoms with Crippen molar-refractivity contribution in [3.63, 3.8) is 0 Å². The monoisotopic (exact) mass is 232 g/mol. The van der Waals surface area contributed by atoms with E-state index in [0.29, 0.717) is 5.52 Å². The second kappa shape index (κ2) is 4.48. The van der Waals surface area contributed by atoms with Gasteiger partial charge >= 0.3 is 0 Å². The average molecular weight is 232 g/mol. The molecule has 0 aliphatic carbocycles. The van der Waals surface area contributed by atoms with Crippen LogP contribution in [0.5, 0.6) is 0 Å². The van der Waals surface area contributed by atoms with Crippen LogP contribution in [0, 0.1) is 0 Å². The number of nitrogens with two attached hydrogens (primary N) is 1. The maximum absolute atomic E-state index is 10.8. The van der Waals surface area contributed by atoms with Crippen LogP contribution < -0.4 is 5.73 Å². The summed E-state index contributed by atoms with van der Waals surface area (Å²) in [6, 6.07) is 10.7. The normalized spacial score (nSPS) is 14.5. The van der Waals surface area contributed by atoms with Gasteiger partial charge in [-0.25, -0.2) is 4.98 Å². The number of rotatable bonds is 3. The molecule has 2 atom stereocenters. The summed E-state index contributed by atoms with van der Waals surface area (Å²) in [5.41, 5.74) is 5.81. The zero-order chi connectivity index (χ0) is 12.4. The first-order chi connectivity index (χ1) is 8.09. The number of carbonyl (C=O) groups excluding carboxylic acids is 1. The third-order valence-corrected chi connectivity index (χ3v) is 2.51. The van der Waals surface area contributed by atoms with Crippen LogP contribution in [-0.2, 0) is 4.79 Å². The molecule has 1 aromatic heterocycles. The molecule has 0 fully saturated rings. The van der Waals surface area contributed by atoms with Crippen molar-refractivity contribution in [2.45, 2.75) is 12.2 Å². The van der Waals surface area contributed by atoms with E-state index in [9.17, 15) is 15.0 Å². The van der Waals surface area contributed by atoms with E-state index in [4.69, 9.17) is 5.73 Å². The van der Waals surface area contributed by atoms with E-state index in [1.165, 1.54) is 0 Å². The van der Waals surface area contributed by atoms with Crippen LogP contribution in [0.2, 0.25) is 0 Å². The second-order valence-corrected chi connectivity index (χ2v) is 3.72. The molecule has 88 valence electrons. The molecule has 1 heterocycles. The Morgan fingerprint density at radius 1 is 1.18 bits per heavy atom. The number of fused-ring (bicyclic) bond motifs is 1. The quantitative estimate of drug-likeness (QED) is 0.700. The number of nitrogens with zero attached hydrogens (tertiary/aromatic N) is 1. The highest BCUT2D eigenvalue weighted by atomic mass is 16.3. The highest BCUT2D eigenvalue weighted by Gasteiger charge is 2.24. The van der Waals surface area contributed by atoms with E-state index in [2.05, 4.69) is 4.98 Å². The first-order valence-electron chi connectivity index (χ1n) is 5.11. The lowest BCUT2D eigenvalue weighted by Gasteiger charge is -2.14. The summed E-state index contributed by atoms with van der Waals surface area (Å²) in [5.74, 6) is -0.979. The highest BCUT2D eigenvalue weighted by molar-refractivity contribution is 5.80. The molecule has 4 N–H and O–H groups in total. The number of pyridine rings is 1. The molecule has 2 aromatic rings. The number of hydrogen-bond acceptors (Lipinski definition) is 4. The van der Waals surface area contributed by atoms with Crippen LogP contribution in [0.4, 0.5) is 0 Å². The maximum atomic E-state index is 10.8. The topological polar surface area (TPSA) is 96.4 Å².